The van der Waals surface area contributed by atoms with E-state index in [4.69, 9.17) is 0 Å². The minimum Gasteiger partial charge on any atom is -0.298 e. The van der Waals surface area contributed by atoms with Crippen LogP contribution in [0.1, 0.15) is 52.4 Å². The number of hydrogen-bond donors (Lipinski definition) is 0. The molecule has 0 amide bonds. The van der Waals surface area contributed by atoms with Crippen LogP contribution in [0.5, 0.6) is 0 Å². The first kappa shape index (κ1) is 13.9. The molecule has 94 valence electrons. The average Bonchev–Trinajstić information content (AvgIpc) is 2.27. The molecule has 0 spiro atoms. The van der Waals surface area contributed by atoms with E-state index in [1.807, 2.05) is 0 Å². The highest BCUT2D eigenvalue weighted by molar-refractivity contribution is 7.85. The van der Waals surface area contributed by atoms with E-state index in [2.05, 4.69) is 13.8 Å². The van der Waals surface area contributed by atoms with Gasteiger partial charge in [0.2, 0.25) is 0 Å². The van der Waals surface area contributed by atoms with E-state index >= 15 is 0 Å². The second kappa shape index (κ2) is 7.21. The molecule has 0 aromatic heterocycles. The molecule has 1 atom stereocenters. The van der Waals surface area contributed by atoms with Gasteiger partial charge < -0.3 is 0 Å². The summed E-state index contributed by atoms with van der Waals surface area (Å²) >= 11 is 0. The van der Waals surface area contributed by atoms with Gasteiger partial charge in [0, 0.05) is 22.5 Å². The zero-order chi connectivity index (χ0) is 12.0. The van der Waals surface area contributed by atoms with Crippen molar-refractivity contribution in [2.45, 2.75) is 52.4 Å². The van der Waals surface area contributed by atoms with Crippen molar-refractivity contribution in [3.05, 3.63) is 0 Å². The van der Waals surface area contributed by atoms with E-state index < -0.39 is 10.8 Å². The maximum Gasteiger partial charge on any atom is 0.148 e. The van der Waals surface area contributed by atoms with Crippen LogP contribution in [0.2, 0.25) is 0 Å². The Morgan fingerprint density at radius 3 is 2.44 bits per heavy atom. The molecule has 1 fully saturated rings. The van der Waals surface area contributed by atoms with Gasteiger partial charge in [-0.15, -0.1) is 0 Å². The first-order chi connectivity index (χ1) is 7.59. The van der Waals surface area contributed by atoms with E-state index in [1.54, 1.807) is 0 Å². The van der Waals surface area contributed by atoms with Gasteiger partial charge >= 0.3 is 0 Å². The number of ketones is 1. The predicted octanol–water partition coefficient (Wildman–Crippen LogP) is 2.93. The summed E-state index contributed by atoms with van der Waals surface area (Å²) in [4.78, 5) is 11.9. The highest BCUT2D eigenvalue weighted by atomic mass is 32.2. The van der Waals surface area contributed by atoms with Crippen molar-refractivity contribution in [1.82, 2.24) is 0 Å². The third kappa shape index (κ3) is 5.24. The minimum atomic E-state index is -0.922. The Balaban J connectivity index is 2.24. The lowest BCUT2D eigenvalue weighted by molar-refractivity contribution is -0.121. The first-order valence-electron chi connectivity index (χ1n) is 6.47. The number of hydrogen-bond acceptors (Lipinski definition) is 2. The maximum atomic E-state index is 11.9. The summed E-state index contributed by atoms with van der Waals surface area (Å²) < 4.78 is 11.7. The van der Waals surface area contributed by atoms with E-state index in [-0.39, 0.29) is 11.7 Å². The Morgan fingerprint density at radius 2 is 1.88 bits per heavy atom. The summed E-state index contributed by atoms with van der Waals surface area (Å²) in [6.07, 6.45) is 6.63. The van der Waals surface area contributed by atoms with Crippen LogP contribution in [0, 0.1) is 11.8 Å². The fraction of sp³-hybridized carbons (Fsp3) is 0.923. The standard InChI is InChI=1S/C13H24O2S/c1-11(2)8-9-16(15)10-13(14)12-6-4-3-5-7-12/h11-12H,3-10H2,1-2H3. The zero-order valence-electron chi connectivity index (χ0n) is 10.5. The second-order valence-electron chi connectivity index (χ2n) is 5.27. The second-order valence-corrected chi connectivity index (χ2v) is 6.85. The Labute approximate surface area is 102 Å². The molecule has 3 heteroatoms. The van der Waals surface area contributed by atoms with E-state index in [0.29, 0.717) is 17.4 Å². The Kier molecular flexibility index (Phi) is 6.25. The Bertz CT molecular complexity index is 242. The van der Waals surface area contributed by atoms with Gasteiger partial charge in [-0.2, -0.15) is 0 Å². The molecule has 0 radical (unpaired) electrons. The summed E-state index contributed by atoms with van der Waals surface area (Å²) in [7, 11) is -0.922. The van der Waals surface area contributed by atoms with Crippen LogP contribution in [0.25, 0.3) is 0 Å². The van der Waals surface area contributed by atoms with Gasteiger partial charge in [0.1, 0.15) is 5.78 Å². The van der Waals surface area contributed by atoms with Crippen molar-refractivity contribution in [2.75, 3.05) is 11.5 Å². The molecule has 0 aromatic carbocycles. The summed E-state index contributed by atoms with van der Waals surface area (Å²) in [6, 6.07) is 0. The van der Waals surface area contributed by atoms with E-state index in [1.165, 1.54) is 19.3 Å². The van der Waals surface area contributed by atoms with Gasteiger partial charge in [0.25, 0.3) is 0 Å². The zero-order valence-corrected chi connectivity index (χ0v) is 11.4. The quantitative estimate of drug-likeness (QED) is 0.720. The molecule has 1 unspecified atom stereocenters. The summed E-state index contributed by atoms with van der Waals surface area (Å²) in [5, 5.41) is 0. The fourth-order valence-electron chi connectivity index (χ4n) is 2.14. The van der Waals surface area contributed by atoms with Gasteiger partial charge in [-0.3, -0.25) is 9.00 Å². The molecule has 16 heavy (non-hydrogen) atoms. The third-order valence-corrected chi connectivity index (χ3v) is 4.58. The average molecular weight is 244 g/mol. The van der Waals surface area contributed by atoms with Gasteiger partial charge in [-0.05, 0) is 25.2 Å². The van der Waals surface area contributed by atoms with Crippen molar-refractivity contribution in [2.24, 2.45) is 11.8 Å². The molecule has 0 N–H and O–H groups in total. The summed E-state index contributed by atoms with van der Waals surface area (Å²) in [6.45, 7) is 4.25. The largest absolute Gasteiger partial charge is 0.298 e. The van der Waals surface area contributed by atoms with Crippen molar-refractivity contribution in [3.63, 3.8) is 0 Å². The number of carbonyl (C=O) groups is 1. The van der Waals surface area contributed by atoms with Crippen LogP contribution in [0.3, 0.4) is 0 Å². The van der Waals surface area contributed by atoms with Crippen LogP contribution in [-0.2, 0) is 15.6 Å². The lowest BCUT2D eigenvalue weighted by Gasteiger charge is -2.19. The lowest BCUT2D eigenvalue weighted by atomic mass is 9.87. The molecule has 2 nitrogen and oxygen atoms in total. The number of rotatable bonds is 6. The molecular weight excluding hydrogens is 220 g/mol. The number of carbonyl (C=O) groups excluding carboxylic acids is 1. The van der Waals surface area contributed by atoms with Crippen molar-refractivity contribution >= 4 is 16.6 Å². The molecule has 0 heterocycles. The molecule has 0 bridgehead atoms. The summed E-state index contributed by atoms with van der Waals surface area (Å²) in [5.41, 5.74) is 0. The molecule has 0 aromatic rings. The van der Waals surface area contributed by atoms with Crippen LogP contribution >= 0.6 is 0 Å². The van der Waals surface area contributed by atoms with Crippen molar-refractivity contribution < 1.29 is 9.00 Å². The van der Waals surface area contributed by atoms with Crippen molar-refractivity contribution in [1.29, 1.82) is 0 Å². The Morgan fingerprint density at radius 1 is 1.25 bits per heavy atom. The normalized spacial score (nSPS) is 19.9. The van der Waals surface area contributed by atoms with Crippen LogP contribution in [0.4, 0.5) is 0 Å². The molecule has 1 saturated carbocycles. The minimum absolute atomic E-state index is 0.219. The topological polar surface area (TPSA) is 34.1 Å². The van der Waals surface area contributed by atoms with Gasteiger partial charge in [0.15, 0.2) is 0 Å². The van der Waals surface area contributed by atoms with E-state index in [0.717, 1.165) is 19.3 Å². The third-order valence-electron chi connectivity index (χ3n) is 3.29. The maximum absolute atomic E-state index is 11.9. The first-order valence-corrected chi connectivity index (χ1v) is 7.96. The molecule has 0 saturated heterocycles. The lowest BCUT2D eigenvalue weighted by Crippen LogP contribution is -2.24. The van der Waals surface area contributed by atoms with Crippen LogP contribution in [0.15, 0.2) is 0 Å². The Hall–Kier alpha value is -0.180. The van der Waals surface area contributed by atoms with Crippen LogP contribution in [-0.4, -0.2) is 21.5 Å². The van der Waals surface area contributed by atoms with Gasteiger partial charge in [-0.1, -0.05) is 33.1 Å². The molecular formula is C13H24O2S. The number of Topliss-reactive ketones (excluding diaryl/α,β-unsaturated/α-hetero) is 1. The molecule has 1 aliphatic carbocycles. The van der Waals surface area contributed by atoms with Crippen molar-refractivity contribution in [3.8, 4) is 0 Å². The molecule has 0 aliphatic heterocycles. The molecule has 1 aliphatic rings. The van der Waals surface area contributed by atoms with Gasteiger partial charge in [-0.25, -0.2) is 0 Å². The highest BCUT2D eigenvalue weighted by Crippen LogP contribution is 2.24. The van der Waals surface area contributed by atoms with Gasteiger partial charge in [0.05, 0.1) is 5.75 Å². The fourth-order valence-corrected chi connectivity index (χ4v) is 3.57. The predicted molar refractivity (Wildman–Crippen MR) is 68.9 cm³/mol. The smallest absolute Gasteiger partial charge is 0.148 e. The van der Waals surface area contributed by atoms with Crippen LogP contribution < -0.4 is 0 Å². The highest BCUT2D eigenvalue weighted by Gasteiger charge is 2.22. The van der Waals surface area contributed by atoms with E-state index in [9.17, 15) is 9.00 Å². The SMILES string of the molecule is CC(C)CCS(=O)CC(=O)C1CCCCC1. The molecule has 1 rings (SSSR count). The summed E-state index contributed by atoms with van der Waals surface area (Å²) in [5.74, 6) is 2.04. The monoisotopic (exact) mass is 244 g/mol.